The number of amides is 2. The minimum Gasteiger partial charge on any atom is -0.488 e. The standard InChI is InChI=1S/C30H31N3O4/c1-21(22-10-6-5-7-11-22)32-28(34)27(23-12-8-18-31-20-23)33(29(35)26-13-9-19-36-26)24-14-16-25(17-15-24)37-30(2,3)4/h5-21,27H,1-4H3,(H,32,34)/t21-,27?/m0/s1. The lowest BCUT2D eigenvalue weighted by Crippen LogP contribution is -2.44. The van der Waals surface area contributed by atoms with Crippen molar-refractivity contribution < 1.29 is 18.7 Å². The first kappa shape index (κ1) is 25.7. The molecule has 0 aliphatic rings. The molecule has 0 bridgehead atoms. The van der Waals surface area contributed by atoms with Gasteiger partial charge in [-0.25, -0.2) is 0 Å². The summed E-state index contributed by atoms with van der Waals surface area (Å²) in [5, 5.41) is 3.07. The van der Waals surface area contributed by atoms with Gasteiger partial charge >= 0.3 is 0 Å². The van der Waals surface area contributed by atoms with Gasteiger partial charge in [0.05, 0.1) is 12.3 Å². The highest BCUT2D eigenvalue weighted by atomic mass is 16.5. The summed E-state index contributed by atoms with van der Waals surface area (Å²) in [5.74, 6) is -0.0281. The van der Waals surface area contributed by atoms with Gasteiger partial charge in [-0.3, -0.25) is 19.5 Å². The lowest BCUT2D eigenvalue weighted by molar-refractivity contribution is -0.123. The Kier molecular flexibility index (Phi) is 7.72. The maximum absolute atomic E-state index is 13.9. The van der Waals surface area contributed by atoms with Crippen LogP contribution in [0.4, 0.5) is 5.69 Å². The fourth-order valence-corrected chi connectivity index (χ4v) is 4.00. The number of rotatable bonds is 8. The summed E-state index contributed by atoms with van der Waals surface area (Å²) in [5.41, 5.74) is 1.65. The van der Waals surface area contributed by atoms with Gasteiger partial charge < -0.3 is 14.5 Å². The number of ether oxygens (including phenoxy) is 1. The Labute approximate surface area is 217 Å². The van der Waals surface area contributed by atoms with Crippen molar-refractivity contribution in [2.75, 3.05) is 4.90 Å². The first-order chi connectivity index (χ1) is 17.7. The molecule has 2 aromatic carbocycles. The van der Waals surface area contributed by atoms with Crippen molar-refractivity contribution in [2.24, 2.45) is 0 Å². The predicted molar refractivity (Wildman–Crippen MR) is 142 cm³/mol. The molecular weight excluding hydrogens is 466 g/mol. The number of carbonyl (C=O) groups excluding carboxylic acids is 2. The van der Waals surface area contributed by atoms with Gasteiger partial charge in [0, 0.05) is 23.6 Å². The molecule has 4 aromatic rings. The highest BCUT2D eigenvalue weighted by molar-refractivity contribution is 6.08. The van der Waals surface area contributed by atoms with E-state index in [0.29, 0.717) is 17.0 Å². The smallest absolute Gasteiger partial charge is 0.294 e. The van der Waals surface area contributed by atoms with Gasteiger partial charge in [0.1, 0.15) is 17.4 Å². The molecule has 0 saturated heterocycles. The minimum atomic E-state index is -1.01. The normalized spacial score (nSPS) is 12.9. The number of benzene rings is 2. The van der Waals surface area contributed by atoms with Crippen molar-refractivity contribution in [3.8, 4) is 5.75 Å². The zero-order chi connectivity index (χ0) is 26.4. The fraction of sp³-hybridized carbons (Fsp3) is 0.233. The second-order valence-electron chi connectivity index (χ2n) is 9.69. The van der Waals surface area contributed by atoms with E-state index in [1.54, 1.807) is 60.9 Å². The van der Waals surface area contributed by atoms with Gasteiger partial charge in [-0.15, -0.1) is 0 Å². The third kappa shape index (κ3) is 6.44. The molecule has 2 amide bonds. The second kappa shape index (κ2) is 11.1. The molecule has 0 fully saturated rings. The minimum absolute atomic E-state index is 0.118. The van der Waals surface area contributed by atoms with Crippen molar-refractivity contribution >= 4 is 17.5 Å². The quantitative estimate of drug-likeness (QED) is 0.317. The average molecular weight is 498 g/mol. The van der Waals surface area contributed by atoms with Crippen LogP contribution < -0.4 is 15.0 Å². The Morgan fingerprint density at radius 3 is 2.22 bits per heavy atom. The second-order valence-corrected chi connectivity index (χ2v) is 9.69. The molecular formula is C30H31N3O4. The van der Waals surface area contributed by atoms with E-state index in [1.807, 2.05) is 58.0 Å². The summed E-state index contributed by atoms with van der Waals surface area (Å²) in [6, 6.07) is 22.2. The number of anilines is 1. The lowest BCUT2D eigenvalue weighted by atomic mass is 10.0. The molecule has 0 aliphatic heterocycles. The Balaban J connectivity index is 1.76. The Morgan fingerprint density at radius 1 is 0.919 bits per heavy atom. The zero-order valence-corrected chi connectivity index (χ0v) is 21.4. The van der Waals surface area contributed by atoms with Crippen molar-refractivity contribution in [2.45, 2.75) is 45.4 Å². The number of hydrogen-bond donors (Lipinski definition) is 1. The molecule has 4 rings (SSSR count). The van der Waals surface area contributed by atoms with Gasteiger partial charge in [-0.1, -0.05) is 36.4 Å². The van der Waals surface area contributed by atoms with Gasteiger partial charge in [0.2, 0.25) is 5.91 Å². The molecule has 0 aliphatic carbocycles. The van der Waals surface area contributed by atoms with Gasteiger partial charge in [-0.05, 0) is 75.7 Å². The molecule has 7 nitrogen and oxygen atoms in total. The van der Waals surface area contributed by atoms with Crippen LogP contribution in [-0.4, -0.2) is 22.4 Å². The maximum atomic E-state index is 13.9. The molecule has 2 atom stereocenters. The van der Waals surface area contributed by atoms with Crippen LogP contribution in [-0.2, 0) is 4.79 Å². The number of pyridine rings is 1. The van der Waals surface area contributed by atoms with Crippen LogP contribution >= 0.6 is 0 Å². The molecule has 1 unspecified atom stereocenters. The summed E-state index contributed by atoms with van der Waals surface area (Å²) >= 11 is 0. The summed E-state index contributed by atoms with van der Waals surface area (Å²) < 4.78 is 11.4. The van der Waals surface area contributed by atoms with Crippen molar-refractivity contribution in [1.29, 1.82) is 0 Å². The SMILES string of the molecule is C[C@H](NC(=O)C(c1cccnc1)N(C(=O)c1ccco1)c1ccc(OC(C)(C)C)cc1)c1ccccc1. The average Bonchev–Trinajstić information content (AvgIpc) is 3.43. The van der Waals surface area contributed by atoms with E-state index in [1.165, 1.54) is 11.2 Å². The first-order valence-electron chi connectivity index (χ1n) is 12.1. The van der Waals surface area contributed by atoms with Crippen LogP contribution in [0.2, 0.25) is 0 Å². The van der Waals surface area contributed by atoms with E-state index in [4.69, 9.17) is 9.15 Å². The molecule has 37 heavy (non-hydrogen) atoms. The Morgan fingerprint density at radius 2 is 1.62 bits per heavy atom. The highest BCUT2D eigenvalue weighted by Gasteiger charge is 2.35. The van der Waals surface area contributed by atoms with Crippen molar-refractivity contribution in [3.05, 3.63) is 114 Å². The van der Waals surface area contributed by atoms with E-state index < -0.39 is 11.9 Å². The molecule has 190 valence electrons. The number of aromatic nitrogens is 1. The summed E-state index contributed by atoms with van der Waals surface area (Å²) in [7, 11) is 0. The van der Waals surface area contributed by atoms with Gasteiger partial charge in [0.25, 0.3) is 5.91 Å². The Bertz CT molecular complexity index is 1300. The van der Waals surface area contributed by atoms with Gasteiger partial charge in [0.15, 0.2) is 5.76 Å². The highest BCUT2D eigenvalue weighted by Crippen LogP contribution is 2.32. The van der Waals surface area contributed by atoms with E-state index in [-0.39, 0.29) is 23.3 Å². The van der Waals surface area contributed by atoms with E-state index in [0.717, 1.165) is 5.56 Å². The molecule has 1 N–H and O–H groups in total. The van der Waals surface area contributed by atoms with E-state index >= 15 is 0 Å². The third-order valence-electron chi connectivity index (χ3n) is 5.65. The zero-order valence-electron chi connectivity index (χ0n) is 21.4. The maximum Gasteiger partial charge on any atom is 0.294 e. The van der Waals surface area contributed by atoms with Crippen LogP contribution in [0.15, 0.2) is 102 Å². The number of hydrogen-bond acceptors (Lipinski definition) is 5. The molecule has 7 heteroatoms. The Hall–Kier alpha value is -4.39. The predicted octanol–water partition coefficient (Wildman–Crippen LogP) is 6.12. The molecule has 2 heterocycles. The van der Waals surface area contributed by atoms with Crippen LogP contribution in [0, 0.1) is 0 Å². The van der Waals surface area contributed by atoms with Crippen molar-refractivity contribution in [1.82, 2.24) is 10.3 Å². The van der Waals surface area contributed by atoms with Crippen LogP contribution in [0.1, 0.15) is 61.5 Å². The number of carbonyl (C=O) groups is 2. The number of furan rings is 1. The topological polar surface area (TPSA) is 84.7 Å². The largest absolute Gasteiger partial charge is 0.488 e. The summed E-state index contributed by atoms with van der Waals surface area (Å²) in [6.07, 6.45) is 4.65. The fourth-order valence-electron chi connectivity index (χ4n) is 4.00. The summed E-state index contributed by atoms with van der Waals surface area (Å²) in [4.78, 5) is 33.3. The molecule has 0 radical (unpaired) electrons. The monoisotopic (exact) mass is 497 g/mol. The van der Waals surface area contributed by atoms with Gasteiger partial charge in [-0.2, -0.15) is 0 Å². The van der Waals surface area contributed by atoms with Crippen LogP contribution in [0.25, 0.3) is 0 Å². The van der Waals surface area contributed by atoms with E-state index in [2.05, 4.69) is 10.3 Å². The summed E-state index contributed by atoms with van der Waals surface area (Å²) in [6.45, 7) is 7.80. The number of nitrogens with one attached hydrogen (secondary N) is 1. The van der Waals surface area contributed by atoms with E-state index in [9.17, 15) is 9.59 Å². The van der Waals surface area contributed by atoms with Crippen LogP contribution in [0.5, 0.6) is 5.75 Å². The molecule has 0 saturated carbocycles. The van der Waals surface area contributed by atoms with Crippen LogP contribution in [0.3, 0.4) is 0 Å². The van der Waals surface area contributed by atoms with Crippen molar-refractivity contribution in [3.63, 3.8) is 0 Å². The third-order valence-corrected chi connectivity index (χ3v) is 5.65. The first-order valence-corrected chi connectivity index (χ1v) is 12.1. The molecule has 2 aromatic heterocycles. The lowest BCUT2D eigenvalue weighted by Gasteiger charge is -2.32. The number of nitrogens with zero attached hydrogens (tertiary/aromatic N) is 2. The molecule has 0 spiro atoms.